The molecule has 1 aromatic rings. The van der Waals surface area contributed by atoms with Crippen molar-refractivity contribution in [3.63, 3.8) is 0 Å². The first-order chi connectivity index (χ1) is 10.5. The molecule has 1 saturated carbocycles. The number of carbonyl (C=O) groups excluding carboxylic acids is 1. The van der Waals surface area contributed by atoms with E-state index in [9.17, 15) is 19.4 Å². The van der Waals surface area contributed by atoms with Gasteiger partial charge >= 0.3 is 0 Å². The number of ether oxygens (including phenoxy) is 1. The number of benzene rings is 1. The largest absolute Gasteiger partial charge is 0.493 e. The Labute approximate surface area is 133 Å². The molecule has 1 aliphatic carbocycles. The van der Waals surface area contributed by atoms with E-state index in [1.165, 1.54) is 25.1 Å². The van der Waals surface area contributed by atoms with Gasteiger partial charge in [0.05, 0.1) is 12.7 Å². The number of rotatable bonds is 8. The second kappa shape index (κ2) is 7.94. The summed E-state index contributed by atoms with van der Waals surface area (Å²) in [4.78, 5) is 10.9. The standard InChI is InChI=1S/C16H21FO4S/c1-10(18)22-7-6-14(19)16(20)13-8-12(17)4-5-15(13)21-9-11-2-3-11/h4-5,8,11,14,16,19-20H,2-3,6-7,9H2,1H3. The van der Waals surface area contributed by atoms with Crippen LogP contribution in [0.5, 0.6) is 5.75 Å². The van der Waals surface area contributed by atoms with Crippen LogP contribution in [0.3, 0.4) is 0 Å². The molecule has 2 atom stereocenters. The van der Waals surface area contributed by atoms with E-state index in [1.807, 2.05) is 0 Å². The Bertz CT molecular complexity index is 519. The first-order valence-corrected chi connectivity index (χ1v) is 8.37. The molecule has 22 heavy (non-hydrogen) atoms. The van der Waals surface area contributed by atoms with Crippen LogP contribution in [0.2, 0.25) is 0 Å². The maximum absolute atomic E-state index is 13.4. The van der Waals surface area contributed by atoms with Crippen LogP contribution in [0.1, 0.15) is 37.9 Å². The fourth-order valence-corrected chi connectivity index (χ4v) is 2.71. The zero-order valence-electron chi connectivity index (χ0n) is 12.5. The van der Waals surface area contributed by atoms with Crippen LogP contribution in [0.25, 0.3) is 0 Å². The summed E-state index contributed by atoms with van der Waals surface area (Å²) in [7, 11) is 0. The number of aliphatic hydroxyl groups excluding tert-OH is 2. The molecule has 0 bridgehead atoms. The Morgan fingerprint density at radius 3 is 2.82 bits per heavy atom. The summed E-state index contributed by atoms with van der Waals surface area (Å²) < 4.78 is 19.1. The molecule has 0 saturated heterocycles. The van der Waals surface area contributed by atoms with E-state index in [-0.39, 0.29) is 17.1 Å². The number of hydrogen-bond donors (Lipinski definition) is 2. The van der Waals surface area contributed by atoms with Gasteiger partial charge in [0, 0.05) is 18.2 Å². The Balaban J connectivity index is 2.00. The van der Waals surface area contributed by atoms with Gasteiger partial charge in [-0.05, 0) is 43.4 Å². The van der Waals surface area contributed by atoms with Crippen LogP contribution in [0, 0.1) is 11.7 Å². The monoisotopic (exact) mass is 328 g/mol. The minimum absolute atomic E-state index is 0.0408. The van der Waals surface area contributed by atoms with Crippen molar-refractivity contribution in [3.05, 3.63) is 29.6 Å². The molecule has 1 fully saturated rings. The first kappa shape index (κ1) is 17.2. The number of halogens is 1. The summed E-state index contributed by atoms with van der Waals surface area (Å²) >= 11 is 1.09. The van der Waals surface area contributed by atoms with E-state index in [0.717, 1.165) is 24.6 Å². The fraction of sp³-hybridized carbons (Fsp3) is 0.562. The van der Waals surface area contributed by atoms with Gasteiger partial charge in [-0.15, -0.1) is 0 Å². The maximum atomic E-state index is 13.4. The van der Waals surface area contributed by atoms with Crippen LogP contribution < -0.4 is 4.74 Å². The number of carbonyl (C=O) groups is 1. The van der Waals surface area contributed by atoms with Crippen LogP contribution in [-0.2, 0) is 4.79 Å². The quantitative estimate of drug-likeness (QED) is 0.768. The van der Waals surface area contributed by atoms with Crippen LogP contribution in [0.15, 0.2) is 18.2 Å². The lowest BCUT2D eigenvalue weighted by Gasteiger charge is -2.21. The molecule has 0 aliphatic heterocycles. The van der Waals surface area contributed by atoms with Crippen molar-refractivity contribution < 1.29 is 24.1 Å². The smallest absolute Gasteiger partial charge is 0.185 e. The van der Waals surface area contributed by atoms with E-state index in [1.54, 1.807) is 0 Å². The van der Waals surface area contributed by atoms with Crippen molar-refractivity contribution in [2.75, 3.05) is 12.4 Å². The highest BCUT2D eigenvalue weighted by Crippen LogP contribution is 2.33. The average Bonchev–Trinajstić information content (AvgIpc) is 3.28. The Morgan fingerprint density at radius 2 is 2.18 bits per heavy atom. The summed E-state index contributed by atoms with van der Waals surface area (Å²) in [6.45, 7) is 1.99. The lowest BCUT2D eigenvalue weighted by molar-refractivity contribution is -0.109. The fourth-order valence-electron chi connectivity index (χ4n) is 2.06. The van der Waals surface area contributed by atoms with Gasteiger partial charge in [0.25, 0.3) is 0 Å². The molecule has 2 unspecified atom stereocenters. The van der Waals surface area contributed by atoms with E-state index >= 15 is 0 Å². The summed E-state index contributed by atoms with van der Waals surface area (Å²) in [5.74, 6) is 0.852. The summed E-state index contributed by atoms with van der Waals surface area (Å²) in [5.41, 5.74) is 0.251. The SMILES string of the molecule is CC(=O)SCCC(O)C(O)c1cc(F)ccc1OCC1CC1. The normalized spacial score (nSPS) is 17.1. The predicted octanol–water partition coefficient (Wildman–Crippen LogP) is 2.68. The predicted molar refractivity (Wildman–Crippen MR) is 83.3 cm³/mol. The molecule has 122 valence electrons. The van der Waals surface area contributed by atoms with Gasteiger partial charge in [0.1, 0.15) is 17.7 Å². The highest BCUT2D eigenvalue weighted by atomic mass is 32.2. The molecule has 0 radical (unpaired) electrons. The summed E-state index contributed by atoms with van der Waals surface area (Å²) in [6.07, 6.45) is 0.187. The lowest BCUT2D eigenvalue weighted by atomic mass is 10.0. The van der Waals surface area contributed by atoms with Gasteiger partial charge in [-0.3, -0.25) is 4.79 Å². The van der Waals surface area contributed by atoms with Crippen LogP contribution in [0.4, 0.5) is 4.39 Å². The Kier molecular flexibility index (Phi) is 6.23. The third-order valence-electron chi connectivity index (χ3n) is 3.55. The molecule has 0 spiro atoms. The molecule has 2 rings (SSSR count). The maximum Gasteiger partial charge on any atom is 0.185 e. The van der Waals surface area contributed by atoms with Gasteiger partial charge in [-0.1, -0.05) is 11.8 Å². The molecular formula is C16H21FO4S. The van der Waals surface area contributed by atoms with E-state index in [0.29, 0.717) is 24.0 Å². The molecular weight excluding hydrogens is 307 g/mol. The van der Waals surface area contributed by atoms with Crippen molar-refractivity contribution in [1.29, 1.82) is 0 Å². The van der Waals surface area contributed by atoms with Crippen molar-refractivity contribution in [2.45, 2.75) is 38.4 Å². The van der Waals surface area contributed by atoms with Crippen LogP contribution >= 0.6 is 11.8 Å². The van der Waals surface area contributed by atoms with Gasteiger partial charge < -0.3 is 14.9 Å². The number of hydrogen-bond acceptors (Lipinski definition) is 5. The second-order valence-electron chi connectivity index (χ2n) is 5.58. The van der Waals surface area contributed by atoms with Crippen molar-refractivity contribution in [2.24, 2.45) is 5.92 Å². The van der Waals surface area contributed by atoms with E-state index in [2.05, 4.69) is 0 Å². The summed E-state index contributed by atoms with van der Waals surface area (Å²) in [5, 5.41) is 20.2. The highest BCUT2D eigenvalue weighted by molar-refractivity contribution is 8.13. The molecule has 0 aromatic heterocycles. The molecule has 6 heteroatoms. The summed E-state index contributed by atoms with van der Waals surface area (Å²) in [6, 6.07) is 3.94. The molecule has 2 N–H and O–H groups in total. The molecule has 0 amide bonds. The number of thioether (sulfide) groups is 1. The Morgan fingerprint density at radius 1 is 1.45 bits per heavy atom. The second-order valence-corrected chi connectivity index (χ2v) is 6.85. The first-order valence-electron chi connectivity index (χ1n) is 7.39. The zero-order valence-corrected chi connectivity index (χ0v) is 13.3. The van der Waals surface area contributed by atoms with Crippen molar-refractivity contribution >= 4 is 16.9 Å². The van der Waals surface area contributed by atoms with E-state index < -0.39 is 18.0 Å². The zero-order chi connectivity index (χ0) is 16.1. The van der Waals surface area contributed by atoms with Crippen molar-refractivity contribution in [3.8, 4) is 5.75 Å². The third kappa shape index (κ3) is 5.26. The van der Waals surface area contributed by atoms with Gasteiger partial charge in [0.15, 0.2) is 5.12 Å². The van der Waals surface area contributed by atoms with E-state index in [4.69, 9.17) is 4.74 Å². The topological polar surface area (TPSA) is 66.8 Å². The van der Waals surface area contributed by atoms with Gasteiger partial charge in [-0.2, -0.15) is 0 Å². The minimum Gasteiger partial charge on any atom is -0.493 e. The van der Waals surface area contributed by atoms with Gasteiger partial charge in [-0.25, -0.2) is 4.39 Å². The average molecular weight is 328 g/mol. The third-order valence-corrected chi connectivity index (χ3v) is 4.39. The minimum atomic E-state index is -1.24. The Hall–Kier alpha value is -1.11. The van der Waals surface area contributed by atoms with Crippen molar-refractivity contribution in [1.82, 2.24) is 0 Å². The lowest BCUT2D eigenvalue weighted by Crippen LogP contribution is -2.20. The van der Waals surface area contributed by atoms with Gasteiger partial charge in [0.2, 0.25) is 0 Å². The molecule has 1 aliphatic rings. The molecule has 1 aromatic carbocycles. The number of aliphatic hydroxyl groups is 2. The highest BCUT2D eigenvalue weighted by Gasteiger charge is 2.25. The molecule has 4 nitrogen and oxygen atoms in total. The van der Waals surface area contributed by atoms with Crippen LogP contribution in [-0.4, -0.2) is 33.8 Å². The molecule has 0 heterocycles.